The van der Waals surface area contributed by atoms with E-state index in [-0.39, 0.29) is 0 Å². The Morgan fingerprint density at radius 1 is 1.36 bits per heavy atom. The number of thioether (sulfide) groups is 1. The van der Waals surface area contributed by atoms with Crippen molar-refractivity contribution in [1.29, 1.82) is 0 Å². The Bertz CT molecular complexity index is 257. The van der Waals surface area contributed by atoms with Crippen LogP contribution in [0.1, 0.15) is 25.7 Å². The zero-order chi connectivity index (χ0) is 9.43. The molecule has 0 aromatic carbocycles. The van der Waals surface area contributed by atoms with Crippen LogP contribution in [0.3, 0.4) is 0 Å². The molecular formula is C10H16N2OS. The standard InChI is InChI=1S/C10H16N2OS/c1-2-8(1)11-9-12-10(7-14-9)3-5-13-6-4-10/h8H,1-7H2,(H,11,12). The number of nitrogens with one attached hydrogen (secondary N) is 1. The molecule has 3 rings (SSSR count). The molecule has 0 amide bonds. The van der Waals surface area contributed by atoms with E-state index in [1.54, 1.807) is 0 Å². The smallest absolute Gasteiger partial charge is 0.157 e. The first-order valence-corrected chi connectivity index (χ1v) is 6.41. The van der Waals surface area contributed by atoms with E-state index in [4.69, 9.17) is 4.74 Å². The van der Waals surface area contributed by atoms with Gasteiger partial charge in [0, 0.05) is 19.0 Å². The zero-order valence-electron chi connectivity index (χ0n) is 8.29. The minimum Gasteiger partial charge on any atom is -0.381 e. The number of amidine groups is 1. The van der Waals surface area contributed by atoms with Gasteiger partial charge in [-0.15, -0.1) is 0 Å². The molecule has 0 aromatic heterocycles. The Hall–Kier alpha value is -0.220. The molecule has 0 bridgehead atoms. The summed E-state index contributed by atoms with van der Waals surface area (Å²) in [5.41, 5.74) is 0.316. The van der Waals surface area contributed by atoms with Crippen molar-refractivity contribution in [2.24, 2.45) is 4.99 Å². The molecule has 3 nitrogen and oxygen atoms in total. The first kappa shape index (κ1) is 9.04. The van der Waals surface area contributed by atoms with Crippen LogP contribution in [0.25, 0.3) is 0 Å². The summed E-state index contributed by atoms with van der Waals surface area (Å²) < 4.78 is 5.40. The molecule has 1 saturated carbocycles. The van der Waals surface area contributed by atoms with E-state index in [1.165, 1.54) is 23.8 Å². The maximum Gasteiger partial charge on any atom is 0.157 e. The van der Waals surface area contributed by atoms with E-state index in [9.17, 15) is 0 Å². The second kappa shape index (κ2) is 3.42. The molecule has 1 spiro atoms. The van der Waals surface area contributed by atoms with Crippen LogP contribution in [0.15, 0.2) is 4.99 Å². The van der Waals surface area contributed by atoms with Gasteiger partial charge in [-0.3, -0.25) is 4.99 Å². The normalized spacial score (nSPS) is 33.6. The third kappa shape index (κ3) is 1.77. The summed E-state index contributed by atoms with van der Waals surface area (Å²) in [6.45, 7) is 1.81. The molecule has 3 fully saturated rings. The van der Waals surface area contributed by atoms with Crippen LogP contribution in [-0.4, -0.2) is 35.7 Å². The van der Waals surface area contributed by atoms with Crippen LogP contribution in [0.4, 0.5) is 0 Å². The maximum absolute atomic E-state index is 5.40. The van der Waals surface area contributed by atoms with Crippen molar-refractivity contribution < 1.29 is 4.74 Å². The van der Waals surface area contributed by atoms with E-state index < -0.39 is 0 Å². The summed E-state index contributed by atoms with van der Waals surface area (Å²) in [5, 5.41) is 4.80. The van der Waals surface area contributed by atoms with Crippen molar-refractivity contribution in [1.82, 2.24) is 5.32 Å². The van der Waals surface area contributed by atoms with E-state index in [0.29, 0.717) is 11.6 Å². The molecular weight excluding hydrogens is 196 g/mol. The predicted octanol–water partition coefficient (Wildman–Crippen LogP) is 1.39. The van der Waals surface area contributed by atoms with Gasteiger partial charge in [-0.05, 0) is 25.7 Å². The Kier molecular flexibility index (Phi) is 2.21. The Morgan fingerprint density at radius 2 is 2.14 bits per heavy atom. The van der Waals surface area contributed by atoms with Crippen molar-refractivity contribution in [3.63, 3.8) is 0 Å². The number of ether oxygens (including phenoxy) is 1. The maximum atomic E-state index is 5.40. The van der Waals surface area contributed by atoms with Crippen LogP contribution in [0.2, 0.25) is 0 Å². The quantitative estimate of drug-likeness (QED) is 0.713. The number of hydrogen-bond acceptors (Lipinski definition) is 3. The first-order chi connectivity index (χ1) is 6.86. The van der Waals surface area contributed by atoms with Crippen LogP contribution in [-0.2, 0) is 4.74 Å². The molecule has 3 aliphatic rings. The van der Waals surface area contributed by atoms with Gasteiger partial charge in [0.2, 0.25) is 0 Å². The average Bonchev–Trinajstić information content (AvgIpc) is 2.93. The van der Waals surface area contributed by atoms with Crippen molar-refractivity contribution in [3.8, 4) is 0 Å². The van der Waals surface area contributed by atoms with Crippen LogP contribution < -0.4 is 5.32 Å². The molecule has 1 aliphatic carbocycles. The average molecular weight is 212 g/mol. The van der Waals surface area contributed by atoms with Gasteiger partial charge >= 0.3 is 0 Å². The highest BCUT2D eigenvalue weighted by atomic mass is 32.2. The molecule has 2 aliphatic heterocycles. The van der Waals surface area contributed by atoms with Gasteiger partial charge in [0.15, 0.2) is 5.17 Å². The Balaban J connectivity index is 1.66. The van der Waals surface area contributed by atoms with Crippen LogP contribution >= 0.6 is 11.8 Å². The minimum atomic E-state index is 0.316. The summed E-state index contributed by atoms with van der Waals surface area (Å²) in [7, 11) is 0. The molecule has 14 heavy (non-hydrogen) atoms. The summed E-state index contributed by atoms with van der Waals surface area (Å²) in [6.07, 6.45) is 4.87. The largest absolute Gasteiger partial charge is 0.381 e. The highest BCUT2D eigenvalue weighted by Crippen LogP contribution is 2.33. The molecule has 78 valence electrons. The van der Waals surface area contributed by atoms with Gasteiger partial charge in [0.25, 0.3) is 0 Å². The molecule has 0 unspecified atom stereocenters. The van der Waals surface area contributed by atoms with Gasteiger partial charge < -0.3 is 10.1 Å². The molecule has 0 aromatic rings. The zero-order valence-corrected chi connectivity index (χ0v) is 9.11. The monoisotopic (exact) mass is 212 g/mol. The summed E-state index contributed by atoms with van der Waals surface area (Å²) in [5.74, 6) is 1.18. The van der Waals surface area contributed by atoms with E-state index in [0.717, 1.165) is 26.1 Å². The van der Waals surface area contributed by atoms with E-state index >= 15 is 0 Å². The van der Waals surface area contributed by atoms with Crippen molar-refractivity contribution in [2.45, 2.75) is 37.3 Å². The van der Waals surface area contributed by atoms with E-state index in [1.807, 2.05) is 11.8 Å². The first-order valence-electron chi connectivity index (χ1n) is 5.43. The fraction of sp³-hybridized carbons (Fsp3) is 0.900. The molecule has 4 heteroatoms. The van der Waals surface area contributed by atoms with Gasteiger partial charge in [0.1, 0.15) is 0 Å². The lowest BCUT2D eigenvalue weighted by atomic mass is 9.93. The number of aliphatic imine (C=N–C) groups is 1. The Morgan fingerprint density at radius 3 is 2.86 bits per heavy atom. The SMILES string of the molecule is C1CC2(CCO1)CSC(=NC1CC1)N2. The second-order valence-electron chi connectivity index (χ2n) is 4.47. The fourth-order valence-electron chi connectivity index (χ4n) is 1.98. The van der Waals surface area contributed by atoms with Gasteiger partial charge in [-0.2, -0.15) is 0 Å². The lowest BCUT2D eigenvalue weighted by Crippen LogP contribution is -2.48. The highest BCUT2D eigenvalue weighted by Gasteiger charge is 2.39. The van der Waals surface area contributed by atoms with Gasteiger partial charge in [-0.1, -0.05) is 11.8 Å². The molecule has 0 atom stereocenters. The molecule has 1 N–H and O–H groups in total. The lowest BCUT2D eigenvalue weighted by molar-refractivity contribution is 0.0555. The third-order valence-corrected chi connectivity index (χ3v) is 4.33. The second-order valence-corrected chi connectivity index (χ2v) is 5.44. The minimum absolute atomic E-state index is 0.316. The molecule has 2 heterocycles. The number of rotatable bonds is 1. The van der Waals surface area contributed by atoms with Crippen LogP contribution in [0.5, 0.6) is 0 Å². The van der Waals surface area contributed by atoms with Crippen molar-refractivity contribution in [2.75, 3.05) is 19.0 Å². The predicted molar refractivity (Wildman–Crippen MR) is 58.8 cm³/mol. The fourth-order valence-corrected chi connectivity index (χ4v) is 3.26. The van der Waals surface area contributed by atoms with Crippen molar-refractivity contribution >= 4 is 16.9 Å². The topological polar surface area (TPSA) is 33.6 Å². The van der Waals surface area contributed by atoms with Crippen molar-refractivity contribution in [3.05, 3.63) is 0 Å². The third-order valence-electron chi connectivity index (χ3n) is 3.15. The molecule has 2 saturated heterocycles. The summed E-state index contributed by atoms with van der Waals surface area (Å²) in [6, 6.07) is 0.639. The lowest BCUT2D eigenvalue weighted by Gasteiger charge is -2.32. The van der Waals surface area contributed by atoms with Gasteiger partial charge in [0.05, 0.1) is 11.6 Å². The highest BCUT2D eigenvalue weighted by molar-refractivity contribution is 8.14. The Labute approximate surface area is 88.7 Å². The van der Waals surface area contributed by atoms with Gasteiger partial charge in [-0.25, -0.2) is 0 Å². The number of hydrogen-bond donors (Lipinski definition) is 1. The van der Waals surface area contributed by atoms with Crippen LogP contribution in [0, 0.1) is 0 Å². The van der Waals surface area contributed by atoms with E-state index in [2.05, 4.69) is 10.3 Å². The number of nitrogens with zero attached hydrogens (tertiary/aromatic N) is 1. The summed E-state index contributed by atoms with van der Waals surface area (Å²) >= 11 is 1.90. The summed E-state index contributed by atoms with van der Waals surface area (Å²) in [4.78, 5) is 4.66. The molecule has 0 radical (unpaired) electrons.